The number of pyridine rings is 1. The molecule has 3 atom stereocenters. The van der Waals surface area contributed by atoms with Crippen LogP contribution in [0.2, 0.25) is 0 Å². The van der Waals surface area contributed by atoms with Gasteiger partial charge in [0.15, 0.2) is 5.82 Å². The fraction of sp³-hybridized carbons (Fsp3) is 0.571. The second-order valence-corrected chi connectivity index (χ2v) is 5.37. The van der Waals surface area contributed by atoms with Crippen LogP contribution >= 0.6 is 0 Å². The Morgan fingerprint density at radius 1 is 1.58 bits per heavy atom. The van der Waals surface area contributed by atoms with E-state index in [-0.39, 0.29) is 17.5 Å². The minimum absolute atomic E-state index is 0.140. The highest BCUT2D eigenvalue weighted by molar-refractivity contribution is 5.94. The topological polar surface area (TPSA) is 45.2 Å². The largest absolute Gasteiger partial charge is 0.335 e. The predicted molar refractivity (Wildman–Crippen MR) is 69.2 cm³/mol. The van der Waals surface area contributed by atoms with Crippen molar-refractivity contribution in [2.24, 2.45) is 11.8 Å². The first-order valence-corrected chi connectivity index (χ1v) is 6.83. The van der Waals surface area contributed by atoms with Gasteiger partial charge >= 0.3 is 0 Å². The SMILES string of the molecule is CCC1C2CNCC2CN1C(=O)c1ccncc1F. The molecule has 1 aromatic rings. The van der Waals surface area contributed by atoms with Crippen LogP contribution in [0.5, 0.6) is 0 Å². The lowest BCUT2D eigenvalue weighted by molar-refractivity contribution is 0.0706. The normalized spacial score (nSPS) is 29.6. The minimum atomic E-state index is -0.530. The molecule has 1 N–H and O–H groups in total. The number of rotatable bonds is 2. The maximum Gasteiger partial charge on any atom is 0.257 e. The van der Waals surface area contributed by atoms with Gasteiger partial charge in [0, 0.05) is 31.9 Å². The van der Waals surface area contributed by atoms with E-state index in [1.165, 1.54) is 12.3 Å². The van der Waals surface area contributed by atoms with E-state index >= 15 is 0 Å². The summed E-state index contributed by atoms with van der Waals surface area (Å²) in [5.41, 5.74) is 0.140. The van der Waals surface area contributed by atoms with Crippen LogP contribution in [0.15, 0.2) is 18.5 Å². The number of fused-ring (bicyclic) bond motifs is 1. The fourth-order valence-electron chi connectivity index (χ4n) is 3.48. The lowest BCUT2D eigenvalue weighted by Crippen LogP contribution is -2.39. The molecule has 0 radical (unpaired) electrons. The highest BCUT2D eigenvalue weighted by atomic mass is 19.1. The quantitative estimate of drug-likeness (QED) is 0.874. The van der Waals surface area contributed by atoms with Crippen molar-refractivity contribution in [3.05, 3.63) is 29.8 Å². The maximum atomic E-state index is 13.7. The molecule has 1 amide bonds. The summed E-state index contributed by atoms with van der Waals surface area (Å²) in [6.07, 6.45) is 3.49. The van der Waals surface area contributed by atoms with Crippen molar-refractivity contribution in [3.8, 4) is 0 Å². The van der Waals surface area contributed by atoms with Gasteiger partial charge in [-0.1, -0.05) is 6.92 Å². The van der Waals surface area contributed by atoms with Crippen LogP contribution in [0.1, 0.15) is 23.7 Å². The molecule has 3 unspecified atom stereocenters. The van der Waals surface area contributed by atoms with Crippen LogP contribution in [-0.2, 0) is 0 Å². The maximum absolute atomic E-state index is 13.7. The third kappa shape index (κ3) is 2.02. The average molecular weight is 263 g/mol. The minimum Gasteiger partial charge on any atom is -0.335 e. The van der Waals surface area contributed by atoms with Crippen molar-refractivity contribution in [2.75, 3.05) is 19.6 Å². The molecule has 0 spiro atoms. The van der Waals surface area contributed by atoms with E-state index in [4.69, 9.17) is 0 Å². The molecule has 2 saturated heterocycles. The zero-order chi connectivity index (χ0) is 13.4. The average Bonchev–Trinajstić information content (AvgIpc) is 2.98. The van der Waals surface area contributed by atoms with Crippen LogP contribution in [0, 0.1) is 17.7 Å². The standard InChI is InChI=1S/C14H18FN3O/c1-2-13-11-6-17-5-9(11)8-18(13)14(19)10-3-4-16-7-12(10)15/h3-4,7,9,11,13,17H,2,5-6,8H2,1H3. The molecule has 19 heavy (non-hydrogen) atoms. The Morgan fingerprint density at radius 3 is 3.16 bits per heavy atom. The molecular weight excluding hydrogens is 245 g/mol. The lowest BCUT2D eigenvalue weighted by Gasteiger charge is -2.27. The molecule has 1 aromatic heterocycles. The summed E-state index contributed by atoms with van der Waals surface area (Å²) >= 11 is 0. The van der Waals surface area contributed by atoms with Crippen LogP contribution in [0.3, 0.4) is 0 Å². The van der Waals surface area contributed by atoms with E-state index in [9.17, 15) is 9.18 Å². The summed E-state index contributed by atoms with van der Waals surface area (Å²) in [5.74, 6) is 0.302. The van der Waals surface area contributed by atoms with Crippen LogP contribution < -0.4 is 5.32 Å². The van der Waals surface area contributed by atoms with Gasteiger partial charge in [-0.2, -0.15) is 0 Å². The summed E-state index contributed by atoms with van der Waals surface area (Å²) in [7, 11) is 0. The van der Waals surface area contributed by atoms with E-state index in [2.05, 4.69) is 17.2 Å². The van der Waals surface area contributed by atoms with Crippen LogP contribution in [0.4, 0.5) is 4.39 Å². The van der Waals surface area contributed by atoms with E-state index in [1.54, 1.807) is 0 Å². The second-order valence-electron chi connectivity index (χ2n) is 5.37. The Bertz CT molecular complexity index is 493. The van der Waals surface area contributed by atoms with Gasteiger partial charge in [-0.3, -0.25) is 9.78 Å². The highest BCUT2D eigenvalue weighted by Crippen LogP contribution is 2.35. The molecule has 0 bridgehead atoms. The predicted octanol–water partition coefficient (Wildman–Crippen LogP) is 1.29. The van der Waals surface area contributed by atoms with Crippen molar-refractivity contribution in [1.29, 1.82) is 0 Å². The molecular formula is C14H18FN3O. The van der Waals surface area contributed by atoms with Crippen molar-refractivity contribution in [3.63, 3.8) is 0 Å². The number of amides is 1. The molecule has 2 aliphatic rings. The molecule has 4 nitrogen and oxygen atoms in total. The first-order chi connectivity index (χ1) is 9.22. The second kappa shape index (κ2) is 4.89. The van der Waals surface area contributed by atoms with Crippen molar-refractivity contribution in [2.45, 2.75) is 19.4 Å². The molecule has 2 fully saturated rings. The summed E-state index contributed by atoms with van der Waals surface area (Å²) in [6, 6.07) is 1.69. The molecule has 0 saturated carbocycles. The number of hydrogen-bond donors (Lipinski definition) is 1. The number of halogens is 1. The molecule has 3 heterocycles. The zero-order valence-electron chi connectivity index (χ0n) is 11.0. The lowest BCUT2D eigenvalue weighted by atomic mass is 9.93. The highest BCUT2D eigenvalue weighted by Gasteiger charge is 2.45. The van der Waals surface area contributed by atoms with Gasteiger partial charge < -0.3 is 10.2 Å². The Hall–Kier alpha value is -1.49. The van der Waals surface area contributed by atoms with E-state index in [1.807, 2.05) is 4.90 Å². The first kappa shape index (κ1) is 12.5. The monoisotopic (exact) mass is 263 g/mol. The number of nitrogens with zero attached hydrogens (tertiary/aromatic N) is 2. The summed E-state index contributed by atoms with van der Waals surface area (Å²) in [5, 5.41) is 3.38. The summed E-state index contributed by atoms with van der Waals surface area (Å²) in [6.45, 7) is 4.75. The fourth-order valence-corrected chi connectivity index (χ4v) is 3.48. The van der Waals surface area contributed by atoms with Gasteiger partial charge in [-0.15, -0.1) is 0 Å². The molecule has 0 aromatic carbocycles. The third-order valence-corrected chi connectivity index (χ3v) is 4.40. The van der Waals surface area contributed by atoms with Gasteiger partial charge in [-0.25, -0.2) is 4.39 Å². The number of hydrogen-bond acceptors (Lipinski definition) is 3. The van der Waals surface area contributed by atoms with E-state index < -0.39 is 5.82 Å². The Morgan fingerprint density at radius 2 is 2.42 bits per heavy atom. The Kier molecular flexibility index (Phi) is 3.22. The summed E-state index contributed by atoms with van der Waals surface area (Å²) in [4.78, 5) is 18.1. The van der Waals surface area contributed by atoms with Crippen molar-refractivity contribution >= 4 is 5.91 Å². The molecule has 5 heteroatoms. The molecule has 0 aliphatic carbocycles. The van der Waals surface area contributed by atoms with Crippen LogP contribution in [0.25, 0.3) is 0 Å². The van der Waals surface area contributed by atoms with Gasteiger partial charge in [-0.05, 0) is 24.3 Å². The number of carbonyl (C=O) groups is 1. The van der Waals surface area contributed by atoms with Crippen LogP contribution in [-0.4, -0.2) is 41.5 Å². The van der Waals surface area contributed by atoms with E-state index in [0.29, 0.717) is 11.8 Å². The van der Waals surface area contributed by atoms with Gasteiger partial charge in [0.2, 0.25) is 0 Å². The number of aromatic nitrogens is 1. The van der Waals surface area contributed by atoms with Gasteiger partial charge in [0.05, 0.1) is 11.8 Å². The van der Waals surface area contributed by atoms with Gasteiger partial charge in [0.25, 0.3) is 5.91 Å². The van der Waals surface area contributed by atoms with Gasteiger partial charge in [0.1, 0.15) is 0 Å². The summed E-state index contributed by atoms with van der Waals surface area (Å²) < 4.78 is 13.7. The zero-order valence-corrected chi connectivity index (χ0v) is 11.0. The molecule has 102 valence electrons. The molecule has 3 rings (SSSR count). The number of likely N-dealkylation sites (tertiary alicyclic amines) is 1. The number of nitrogens with one attached hydrogen (secondary N) is 1. The Balaban J connectivity index is 1.86. The van der Waals surface area contributed by atoms with Crippen molar-refractivity contribution < 1.29 is 9.18 Å². The van der Waals surface area contributed by atoms with E-state index in [0.717, 1.165) is 32.3 Å². The van der Waals surface area contributed by atoms with Crippen molar-refractivity contribution in [1.82, 2.24) is 15.2 Å². The Labute approximate surface area is 112 Å². The third-order valence-electron chi connectivity index (χ3n) is 4.40. The molecule has 2 aliphatic heterocycles. The number of carbonyl (C=O) groups excluding carboxylic acids is 1. The first-order valence-electron chi connectivity index (χ1n) is 6.83. The smallest absolute Gasteiger partial charge is 0.257 e.